The van der Waals surface area contributed by atoms with Crippen molar-refractivity contribution in [1.82, 2.24) is 4.90 Å². The second kappa shape index (κ2) is 9.28. The topological polar surface area (TPSA) is 54.7 Å². The summed E-state index contributed by atoms with van der Waals surface area (Å²) in [5.41, 5.74) is 3.55. The number of morpholine rings is 1. The van der Waals surface area contributed by atoms with Gasteiger partial charge in [0.2, 0.25) is 0 Å². The second-order valence-electron chi connectivity index (χ2n) is 8.12. The molecule has 0 saturated carbocycles. The smallest absolute Gasteiger partial charge is 0.291 e. The molecule has 7 heteroatoms. The zero-order chi connectivity index (χ0) is 22.1. The molecule has 0 bridgehead atoms. The Kier molecular flexibility index (Phi) is 6.67. The molecular weight excluding hydrogens is 476 g/mol. The summed E-state index contributed by atoms with van der Waals surface area (Å²) in [5.74, 6) is 0.0780. The summed E-state index contributed by atoms with van der Waals surface area (Å²) in [6.07, 6.45) is 1.80. The van der Waals surface area contributed by atoms with Crippen molar-refractivity contribution in [2.24, 2.45) is 0 Å². The van der Waals surface area contributed by atoms with Crippen LogP contribution in [0.3, 0.4) is 0 Å². The van der Waals surface area contributed by atoms with E-state index >= 15 is 0 Å². The number of hydrogen-bond acceptors (Lipinski definition) is 5. The highest BCUT2D eigenvalue weighted by atomic mass is 79.9. The predicted octanol–water partition coefficient (Wildman–Crippen LogP) is 6.17. The van der Waals surface area contributed by atoms with Gasteiger partial charge in [0, 0.05) is 28.0 Å². The number of anilines is 1. The number of ether oxygens (including phenoxy) is 1. The molecule has 3 aromatic rings. The summed E-state index contributed by atoms with van der Waals surface area (Å²) in [4.78, 5) is 16.5. The normalized spacial score (nSPS) is 20.5. The lowest BCUT2D eigenvalue weighted by Crippen LogP contribution is -2.47. The van der Waals surface area contributed by atoms with Crippen molar-refractivity contribution in [3.8, 4) is 0 Å². The van der Waals surface area contributed by atoms with Gasteiger partial charge in [-0.15, -0.1) is 11.3 Å². The number of rotatable bonds is 5. The van der Waals surface area contributed by atoms with Crippen LogP contribution in [-0.4, -0.2) is 36.1 Å². The van der Waals surface area contributed by atoms with Gasteiger partial charge in [-0.1, -0.05) is 28.1 Å². The first-order valence-corrected chi connectivity index (χ1v) is 12.0. The number of hydrogen-bond donors (Lipinski definition) is 1. The Hall–Kier alpha value is -1.93. The minimum atomic E-state index is -0.231. The summed E-state index contributed by atoms with van der Waals surface area (Å²) in [5, 5.41) is 3.99. The highest BCUT2D eigenvalue weighted by Gasteiger charge is 2.34. The van der Waals surface area contributed by atoms with Crippen LogP contribution in [0.25, 0.3) is 0 Å². The van der Waals surface area contributed by atoms with Crippen LogP contribution in [0.1, 0.15) is 52.0 Å². The third-order valence-corrected chi connectivity index (χ3v) is 7.34. The minimum absolute atomic E-state index is 0.0127. The molecular formula is C24H27BrN2O3S. The molecule has 3 heterocycles. The first kappa shape index (κ1) is 22.3. The number of benzene rings is 1. The highest BCUT2D eigenvalue weighted by molar-refractivity contribution is 9.10. The first-order chi connectivity index (χ1) is 14.8. The lowest BCUT2D eigenvalue weighted by Gasteiger charge is -2.41. The van der Waals surface area contributed by atoms with Crippen LogP contribution in [0.5, 0.6) is 0 Å². The second-order valence-corrected chi connectivity index (χ2v) is 10.3. The van der Waals surface area contributed by atoms with Crippen LogP contribution in [0.2, 0.25) is 0 Å². The summed E-state index contributed by atoms with van der Waals surface area (Å²) < 4.78 is 12.4. The fourth-order valence-electron chi connectivity index (χ4n) is 4.27. The number of carbonyl (C=O) groups is 1. The standard InChI is InChI=1S/C24H27BrN2O3S/c1-14-12-27(13-15(2)30-14)22(18-7-9-19(25)10-8-18)21-16(3)17(4)31-24(21)26-23(28)20-6-5-11-29-20/h5-11,14-15,22H,12-13H2,1-4H3,(H,26,28). The van der Waals surface area contributed by atoms with E-state index in [-0.39, 0.29) is 24.2 Å². The van der Waals surface area contributed by atoms with E-state index < -0.39 is 0 Å². The zero-order valence-corrected chi connectivity index (χ0v) is 20.5. The van der Waals surface area contributed by atoms with Crippen LogP contribution in [-0.2, 0) is 4.74 Å². The van der Waals surface area contributed by atoms with Gasteiger partial charge in [-0.25, -0.2) is 0 Å². The van der Waals surface area contributed by atoms with Gasteiger partial charge in [0.15, 0.2) is 5.76 Å². The van der Waals surface area contributed by atoms with Crippen molar-refractivity contribution < 1.29 is 13.9 Å². The molecule has 5 nitrogen and oxygen atoms in total. The summed E-state index contributed by atoms with van der Waals surface area (Å²) in [6, 6.07) is 11.9. The van der Waals surface area contributed by atoms with Crippen LogP contribution in [0.4, 0.5) is 5.00 Å². The maximum absolute atomic E-state index is 12.8. The number of aryl methyl sites for hydroxylation is 1. The molecule has 1 N–H and O–H groups in total. The highest BCUT2D eigenvalue weighted by Crippen LogP contribution is 2.43. The van der Waals surface area contributed by atoms with Gasteiger partial charge in [-0.3, -0.25) is 9.69 Å². The monoisotopic (exact) mass is 502 g/mol. The molecule has 0 radical (unpaired) electrons. The van der Waals surface area contributed by atoms with E-state index in [2.05, 4.69) is 78.1 Å². The average molecular weight is 503 g/mol. The first-order valence-electron chi connectivity index (χ1n) is 10.4. The Bertz CT molecular complexity index is 1040. The number of halogens is 1. The molecule has 1 saturated heterocycles. The predicted molar refractivity (Wildman–Crippen MR) is 128 cm³/mol. The van der Waals surface area contributed by atoms with Crippen LogP contribution in [0, 0.1) is 13.8 Å². The van der Waals surface area contributed by atoms with Crippen LogP contribution in [0.15, 0.2) is 51.6 Å². The Morgan fingerprint density at radius 1 is 1.16 bits per heavy atom. The van der Waals surface area contributed by atoms with Crippen molar-refractivity contribution in [2.75, 3.05) is 18.4 Å². The van der Waals surface area contributed by atoms with Crippen molar-refractivity contribution in [2.45, 2.75) is 45.9 Å². The molecule has 4 rings (SSSR count). The molecule has 1 fully saturated rings. The molecule has 1 aliphatic heterocycles. The van der Waals surface area contributed by atoms with E-state index in [1.165, 1.54) is 22.3 Å². The van der Waals surface area contributed by atoms with Gasteiger partial charge in [0.1, 0.15) is 5.00 Å². The van der Waals surface area contributed by atoms with E-state index in [1.807, 2.05) is 0 Å². The SMILES string of the molecule is Cc1sc(NC(=O)c2ccco2)c(C(c2ccc(Br)cc2)N2CC(C)OC(C)C2)c1C. The molecule has 3 unspecified atom stereocenters. The molecule has 1 aliphatic rings. The Morgan fingerprint density at radius 2 is 1.84 bits per heavy atom. The van der Waals surface area contributed by atoms with Gasteiger partial charge in [0.05, 0.1) is 24.5 Å². The lowest BCUT2D eigenvalue weighted by atomic mass is 9.94. The van der Waals surface area contributed by atoms with Gasteiger partial charge >= 0.3 is 0 Å². The Morgan fingerprint density at radius 3 is 2.45 bits per heavy atom. The van der Waals surface area contributed by atoms with Crippen molar-refractivity contribution in [3.63, 3.8) is 0 Å². The average Bonchev–Trinajstić information content (AvgIpc) is 3.34. The summed E-state index contributed by atoms with van der Waals surface area (Å²) in [6.45, 7) is 10.1. The summed E-state index contributed by atoms with van der Waals surface area (Å²) in [7, 11) is 0. The van der Waals surface area contributed by atoms with E-state index in [0.29, 0.717) is 5.76 Å². The number of thiophene rings is 1. The van der Waals surface area contributed by atoms with E-state index in [4.69, 9.17) is 9.15 Å². The molecule has 2 aromatic heterocycles. The number of nitrogens with one attached hydrogen (secondary N) is 1. The number of amides is 1. The van der Waals surface area contributed by atoms with Crippen LogP contribution < -0.4 is 5.32 Å². The van der Waals surface area contributed by atoms with Gasteiger partial charge < -0.3 is 14.5 Å². The maximum atomic E-state index is 12.8. The quantitative estimate of drug-likeness (QED) is 0.453. The molecule has 1 aromatic carbocycles. The Balaban J connectivity index is 1.79. The van der Waals surface area contributed by atoms with Gasteiger partial charge in [-0.2, -0.15) is 0 Å². The van der Waals surface area contributed by atoms with Crippen molar-refractivity contribution in [3.05, 3.63) is 74.5 Å². The van der Waals surface area contributed by atoms with E-state index in [0.717, 1.165) is 28.1 Å². The molecule has 3 atom stereocenters. The zero-order valence-electron chi connectivity index (χ0n) is 18.1. The van der Waals surface area contributed by atoms with Gasteiger partial charge in [-0.05, 0) is 63.1 Å². The van der Waals surface area contributed by atoms with E-state index in [9.17, 15) is 4.79 Å². The van der Waals surface area contributed by atoms with Gasteiger partial charge in [0.25, 0.3) is 5.91 Å². The third kappa shape index (κ3) is 4.80. The lowest BCUT2D eigenvalue weighted by molar-refractivity contribution is -0.0765. The molecule has 1 amide bonds. The largest absolute Gasteiger partial charge is 0.459 e. The number of carbonyl (C=O) groups excluding carboxylic acids is 1. The molecule has 31 heavy (non-hydrogen) atoms. The van der Waals surface area contributed by atoms with Crippen molar-refractivity contribution >= 4 is 38.2 Å². The summed E-state index contributed by atoms with van der Waals surface area (Å²) >= 11 is 5.17. The Labute approximate surface area is 195 Å². The van der Waals surface area contributed by atoms with Crippen LogP contribution >= 0.6 is 27.3 Å². The third-order valence-electron chi connectivity index (χ3n) is 5.68. The fraction of sp³-hybridized carbons (Fsp3) is 0.375. The molecule has 164 valence electrons. The maximum Gasteiger partial charge on any atom is 0.291 e. The minimum Gasteiger partial charge on any atom is -0.459 e. The molecule has 0 spiro atoms. The number of nitrogens with zero attached hydrogens (tertiary/aromatic N) is 1. The molecule has 0 aliphatic carbocycles. The fourth-order valence-corrected chi connectivity index (χ4v) is 5.62. The van der Waals surface area contributed by atoms with Crippen molar-refractivity contribution in [1.29, 1.82) is 0 Å². The van der Waals surface area contributed by atoms with E-state index in [1.54, 1.807) is 23.5 Å². The number of furan rings is 1.